The molecule has 0 spiro atoms. The first-order valence-electron chi connectivity index (χ1n) is 6.21. The fourth-order valence-corrected chi connectivity index (χ4v) is 3.77. The van der Waals surface area contributed by atoms with Crippen molar-refractivity contribution in [3.05, 3.63) is 24.0 Å². The van der Waals surface area contributed by atoms with Gasteiger partial charge < -0.3 is 5.73 Å². The standard InChI is InChI=1S/C12H17N3O2S2/c1-2-9-5-6-15(8-9)19(16,17)10-3-4-11(12(13)18)14-7-10/h3-4,7,9H,2,5-6,8H2,1H3,(H2,13,18). The van der Waals surface area contributed by atoms with Gasteiger partial charge in [0, 0.05) is 19.3 Å². The average Bonchev–Trinajstić information content (AvgIpc) is 2.88. The van der Waals surface area contributed by atoms with Crippen LogP contribution in [0.25, 0.3) is 0 Å². The molecule has 7 heteroatoms. The Labute approximate surface area is 118 Å². The molecule has 1 aliphatic rings. The molecule has 0 saturated carbocycles. The van der Waals surface area contributed by atoms with E-state index in [9.17, 15) is 8.42 Å². The van der Waals surface area contributed by atoms with E-state index >= 15 is 0 Å². The second kappa shape index (κ2) is 5.52. The molecule has 2 N–H and O–H groups in total. The summed E-state index contributed by atoms with van der Waals surface area (Å²) in [5, 5.41) is 0. The molecule has 0 radical (unpaired) electrons. The highest BCUT2D eigenvalue weighted by molar-refractivity contribution is 7.89. The molecule has 1 unspecified atom stereocenters. The van der Waals surface area contributed by atoms with E-state index in [0.717, 1.165) is 12.8 Å². The van der Waals surface area contributed by atoms with Crippen molar-refractivity contribution in [1.82, 2.24) is 9.29 Å². The zero-order valence-corrected chi connectivity index (χ0v) is 12.4. The number of sulfonamides is 1. The first kappa shape index (κ1) is 14.4. The van der Waals surface area contributed by atoms with Crippen LogP contribution in [0.1, 0.15) is 25.5 Å². The molecule has 1 fully saturated rings. The van der Waals surface area contributed by atoms with Gasteiger partial charge in [0.05, 0.1) is 5.69 Å². The van der Waals surface area contributed by atoms with Gasteiger partial charge in [-0.15, -0.1) is 0 Å². The van der Waals surface area contributed by atoms with Gasteiger partial charge in [0.25, 0.3) is 0 Å². The molecule has 1 aliphatic heterocycles. The lowest BCUT2D eigenvalue weighted by molar-refractivity contribution is 0.452. The third-order valence-corrected chi connectivity index (χ3v) is 5.51. The molecule has 1 saturated heterocycles. The van der Waals surface area contributed by atoms with Gasteiger partial charge in [0.1, 0.15) is 9.88 Å². The van der Waals surface area contributed by atoms with Crippen LogP contribution < -0.4 is 5.73 Å². The minimum Gasteiger partial charge on any atom is -0.388 e. The second-order valence-electron chi connectivity index (χ2n) is 4.67. The van der Waals surface area contributed by atoms with Crippen molar-refractivity contribution in [3.63, 3.8) is 0 Å². The van der Waals surface area contributed by atoms with E-state index in [2.05, 4.69) is 11.9 Å². The van der Waals surface area contributed by atoms with Gasteiger partial charge in [-0.1, -0.05) is 25.6 Å². The lowest BCUT2D eigenvalue weighted by Gasteiger charge is -2.16. The van der Waals surface area contributed by atoms with E-state index in [1.54, 1.807) is 6.07 Å². The molecule has 0 amide bonds. The van der Waals surface area contributed by atoms with E-state index in [-0.39, 0.29) is 9.88 Å². The minimum atomic E-state index is -3.44. The number of nitrogens with zero attached hydrogens (tertiary/aromatic N) is 2. The molecule has 0 bridgehead atoms. The van der Waals surface area contributed by atoms with Crippen LogP contribution >= 0.6 is 12.2 Å². The average molecular weight is 299 g/mol. The van der Waals surface area contributed by atoms with Gasteiger partial charge in [-0.25, -0.2) is 8.42 Å². The molecule has 1 atom stereocenters. The Kier molecular flexibility index (Phi) is 4.17. The predicted molar refractivity (Wildman–Crippen MR) is 77.3 cm³/mol. The Morgan fingerprint density at radius 1 is 1.58 bits per heavy atom. The van der Waals surface area contributed by atoms with Gasteiger partial charge in [-0.2, -0.15) is 4.31 Å². The van der Waals surface area contributed by atoms with Crippen molar-refractivity contribution in [2.75, 3.05) is 13.1 Å². The Balaban J connectivity index is 2.22. The fourth-order valence-electron chi connectivity index (χ4n) is 2.18. The molecule has 104 valence electrons. The van der Waals surface area contributed by atoms with Crippen molar-refractivity contribution in [3.8, 4) is 0 Å². The monoisotopic (exact) mass is 299 g/mol. The number of rotatable bonds is 4. The van der Waals surface area contributed by atoms with Crippen molar-refractivity contribution >= 4 is 27.2 Å². The van der Waals surface area contributed by atoms with Gasteiger partial charge >= 0.3 is 0 Å². The summed E-state index contributed by atoms with van der Waals surface area (Å²) in [7, 11) is -3.44. The van der Waals surface area contributed by atoms with Gasteiger partial charge in [-0.3, -0.25) is 4.98 Å². The summed E-state index contributed by atoms with van der Waals surface area (Å²) in [5.74, 6) is 0.457. The normalized spacial score (nSPS) is 20.6. The third kappa shape index (κ3) is 2.93. The maximum absolute atomic E-state index is 12.4. The first-order valence-corrected chi connectivity index (χ1v) is 8.06. The molecule has 1 aromatic heterocycles. The Bertz CT molecular complexity index is 569. The van der Waals surface area contributed by atoms with Crippen LogP contribution in [-0.4, -0.2) is 35.8 Å². The maximum atomic E-state index is 12.4. The first-order chi connectivity index (χ1) is 8.95. The van der Waals surface area contributed by atoms with Crippen LogP contribution in [-0.2, 0) is 10.0 Å². The van der Waals surface area contributed by atoms with Crippen LogP contribution in [0.5, 0.6) is 0 Å². The van der Waals surface area contributed by atoms with Gasteiger partial charge in [0.2, 0.25) is 10.0 Å². The number of aromatic nitrogens is 1. The molecule has 0 aromatic carbocycles. The molecule has 5 nitrogen and oxygen atoms in total. The number of pyridine rings is 1. The molecule has 2 heterocycles. The second-order valence-corrected chi connectivity index (χ2v) is 7.05. The van der Waals surface area contributed by atoms with Crippen LogP contribution in [0.15, 0.2) is 23.2 Å². The SMILES string of the molecule is CCC1CCN(S(=O)(=O)c2ccc(C(N)=S)nc2)C1. The van der Waals surface area contributed by atoms with Crippen molar-refractivity contribution in [2.24, 2.45) is 11.7 Å². The molecular weight excluding hydrogens is 282 g/mol. The molecule has 19 heavy (non-hydrogen) atoms. The van der Waals surface area contributed by atoms with E-state index < -0.39 is 10.0 Å². The zero-order chi connectivity index (χ0) is 14.0. The quantitative estimate of drug-likeness (QED) is 0.844. The number of hydrogen-bond donors (Lipinski definition) is 1. The maximum Gasteiger partial charge on any atom is 0.244 e. The number of hydrogen-bond acceptors (Lipinski definition) is 4. The van der Waals surface area contributed by atoms with Crippen LogP contribution in [0.2, 0.25) is 0 Å². The van der Waals surface area contributed by atoms with Crippen molar-refractivity contribution in [2.45, 2.75) is 24.7 Å². The van der Waals surface area contributed by atoms with E-state index in [1.165, 1.54) is 16.6 Å². The smallest absolute Gasteiger partial charge is 0.244 e. The number of nitrogens with two attached hydrogens (primary N) is 1. The van der Waals surface area contributed by atoms with E-state index in [0.29, 0.717) is 24.7 Å². The van der Waals surface area contributed by atoms with E-state index in [4.69, 9.17) is 18.0 Å². The summed E-state index contributed by atoms with van der Waals surface area (Å²) < 4.78 is 26.3. The highest BCUT2D eigenvalue weighted by atomic mass is 32.2. The highest BCUT2D eigenvalue weighted by Gasteiger charge is 2.31. The molecule has 0 aliphatic carbocycles. The Hall–Kier alpha value is -1.05. The Morgan fingerprint density at radius 3 is 2.79 bits per heavy atom. The molecule has 2 rings (SSSR count). The summed E-state index contributed by atoms with van der Waals surface area (Å²) in [4.78, 5) is 4.34. The van der Waals surface area contributed by atoms with Crippen molar-refractivity contribution in [1.29, 1.82) is 0 Å². The van der Waals surface area contributed by atoms with Crippen LogP contribution in [0.4, 0.5) is 0 Å². The lowest BCUT2D eigenvalue weighted by Crippen LogP contribution is -2.29. The number of thiocarbonyl (C=S) groups is 1. The van der Waals surface area contributed by atoms with Crippen molar-refractivity contribution < 1.29 is 8.42 Å². The highest BCUT2D eigenvalue weighted by Crippen LogP contribution is 2.25. The third-order valence-electron chi connectivity index (χ3n) is 3.45. The summed E-state index contributed by atoms with van der Waals surface area (Å²) in [6.45, 7) is 3.26. The molecular formula is C12H17N3O2S2. The zero-order valence-electron chi connectivity index (χ0n) is 10.7. The van der Waals surface area contributed by atoms with Crippen LogP contribution in [0.3, 0.4) is 0 Å². The summed E-state index contributed by atoms with van der Waals surface area (Å²) >= 11 is 4.79. The van der Waals surface area contributed by atoms with Gasteiger partial charge in [-0.05, 0) is 24.5 Å². The fraction of sp³-hybridized carbons (Fsp3) is 0.500. The summed E-state index contributed by atoms with van der Waals surface area (Å²) in [6.07, 6.45) is 3.25. The Morgan fingerprint density at radius 2 is 2.32 bits per heavy atom. The minimum absolute atomic E-state index is 0.163. The van der Waals surface area contributed by atoms with Gasteiger partial charge in [0.15, 0.2) is 0 Å². The molecule has 1 aromatic rings. The largest absolute Gasteiger partial charge is 0.388 e. The summed E-state index contributed by atoms with van der Waals surface area (Å²) in [5.41, 5.74) is 5.87. The topological polar surface area (TPSA) is 76.3 Å². The lowest BCUT2D eigenvalue weighted by atomic mass is 10.1. The predicted octanol–water partition coefficient (Wildman–Crippen LogP) is 1.14. The van der Waals surface area contributed by atoms with Crippen LogP contribution in [0, 0.1) is 5.92 Å². The summed E-state index contributed by atoms with van der Waals surface area (Å²) in [6, 6.07) is 3.05. The van der Waals surface area contributed by atoms with E-state index in [1.807, 2.05) is 0 Å².